The summed E-state index contributed by atoms with van der Waals surface area (Å²) in [6.07, 6.45) is -0.200. The van der Waals surface area contributed by atoms with Crippen LogP contribution in [0.25, 0.3) is 16.7 Å². The second-order valence-electron chi connectivity index (χ2n) is 7.96. The van der Waals surface area contributed by atoms with E-state index in [2.05, 4.69) is 15.4 Å². The first-order chi connectivity index (χ1) is 16.8. The number of nitro groups is 1. The predicted octanol–water partition coefficient (Wildman–Crippen LogP) is 3.26. The number of fused-ring (bicyclic) bond motifs is 2. The zero-order valence-corrected chi connectivity index (χ0v) is 18.5. The lowest BCUT2D eigenvalue weighted by atomic mass is 10.1. The van der Waals surface area contributed by atoms with Crippen molar-refractivity contribution in [3.8, 4) is 5.82 Å². The maximum atomic E-state index is 12.7. The van der Waals surface area contributed by atoms with Crippen molar-refractivity contribution in [3.63, 3.8) is 0 Å². The largest absolute Gasteiger partial charge is 0.310 e. The molecule has 0 spiro atoms. The van der Waals surface area contributed by atoms with E-state index in [9.17, 15) is 24.5 Å². The van der Waals surface area contributed by atoms with Crippen LogP contribution in [-0.4, -0.2) is 48.9 Å². The molecule has 35 heavy (non-hydrogen) atoms. The minimum absolute atomic E-state index is 0.0410. The quantitative estimate of drug-likeness (QED) is 0.259. The SMILES string of the molecule is Cc1cc(NC(=O)CCN2C(=O)c3cccc([N+](=O)[O-])c3C2=O)n(-c2ccc3ccccc3n2)n1. The minimum atomic E-state index is -0.786. The fraction of sp³-hybridized carbons (Fsp3) is 0.125. The first-order valence-corrected chi connectivity index (χ1v) is 10.7. The summed E-state index contributed by atoms with van der Waals surface area (Å²) in [4.78, 5) is 54.0. The predicted molar refractivity (Wildman–Crippen MR) is 125 cm³/mol. The van der Waals surface area contributed by atoms with Gasteiger partial charge in [-0.2, -0.15) is 9.78 Å². The number of carbonyl (C=O) groups excluding carboxylic acids is 3. The standard InChI is InChI=1S/C24H18N6O5/c1-14-13-20(29(27-14)19-10-9-15-5-2-3-7-17(15)25-19)26-21(31)11-12-28-23(32)16-6-4-8-18(30(34)35)22(16)24(28)33/h2-10,13H,11-12H2,1H3,(H,26,31). The van der Waals surface area contributed by atoms with E-state index in [0.717, 1.165) is 15.8 Å². The third kappa shape index (κ3) is 3.88. The van der Waals surface area contributed by atoms with Crippen LogP contribution in [0.15, 0.2) is 60.7 Å². The summed E-state index contributed by atoms with van der Waals surface area (Å²) in [6.45, 7) is 1.55. The zero-order chi connectivity index (χ0) is 24.7. The van der Waals surface area contributed by atoms with E-state index in [-0.39, 0.29) is 24.1 Å². The molecule has 5 rings (SSSR count). The van der Waals surface area contributed by atoms with E-state index >= 15 is 0 Å². The van der Waals surface area contributed by atoms with Crippen LogP contribution >= 0.6 is 0 Å². The maximum Gasteiger partial charge on any atom is 0.282 e. The second kappa shape index (κ2) is 8.45. The number of carbonyl (C=O) groups is 3. The third-order valence-electron chi connectivity index (χ3n) is 5.64. The Bertz CT molecular complexity index is 1540. The Morgan fingerprint density at radius 1 is 1.06 bits per heavy atom. The fourth-order valence-corrected chi connectivity index (χ4v) is 4.03. The van der Waals surface area contributed by atoms with Gasteiger partial charge in [0.15, 0.2) is 5.82 Å². The highest BCUT2D eigenvalue weighted by Crippen LogP contribution is 2.30. The van der Waals surface area contributed by atoms with E-state index in [4.69, 9.17) is 0 Å². The summed E-state index contributed by atoms with van der Waals surface area (Å²) in [5.74, 6) is -1.01. The topological polar surface area (TPSA) is 140 Å². The highest BCUT2D eigenvalue weighted by atomic mass is 16.6. The van der Waals surface area contributed by atoms with E-state index < -0.39 is 28.3 Å². The highest BCUT2D eigenvalue weighted by molar-refractivity contribution is 6.23. The molecule has 2 aromatic carbocycles. The Balaban J connectivity index is 1.32. The van der Waals surface area contributed by atoms with E-state index in [1.54, 1.807) is 19.1 Å². The van der Waals surface area contributed by atoms with Gasteiger partial charge in [-0.25, -0.2) is 4.98 Å². The van der Waals surface area contributed by atoms with Crippen molar-refractivity contribution in [2.24, 2.45) is 0 Å². The number of para-hydroxylation sites is 1. The van der Waals surface area contributed by atoms with Gasteiger partial charge in [0.2, 0.25) is 5.91 Å². The Morgan fingerprint density at radius 2 is 1.86 bits per heavy atom. The number of amides is 3. The summed E-state index contributed by atoms with van der Waals surface area (Å²) in [7, 11) is 0. The first-order valence-electron chi connectivity index (χ1n) is 10.7. The van der Waals surface area contributed by atoms with Gasteiger partial charge in [-0.1, -0.05) is 24.3 Å². The monoisotopic (exact) mass is 470 g/mol. The van der Waals surface area contributed by atoms with Gasteiger partial charge >= 0.3 is 0 Å². The van der Waals surface area contributed by atoms with Crippen LogP contribution in [0.2, 0.25) is 0 Å². The van der Waals surface area contributed by atoms with Crippen LogP contribution < -0.4 is 5.32 Å². The summed E-state index contributed by atoms with van der Waals surface area (Å²) in [6, 6.07) is 16.9. The Morgan fingerprint density at radius 3 is 2.66 bits per heavy atom. The molecule has 0 aliphatic carbocycles. The number of imide groups is 1. The zero-order valence-electron chi connectivity index (χ0n) is 18.5. The molecule has 0 unspecified atom stereocenters. The van der Waals surface area contributed by atoms with Gasteiger partial charge in [-0.05, 0) is 31.2 Å². The number of benzene rings is 2. The number of nitrogens with one attached hydrogen (secondary N) is 1. The molecular formula is C24H18N6O5. The molecule has 0 bridgehead atoms. The number of hydrogen-bond acceptors (Lipinski definition) is 7. The average molecular weight is 470 g/mol. The van der Waals surface area contributed by atoms with Crippen molar-refractivity contribution >= 4 is 40.1 Å². The molecule has 0 atom stereocenters. The summed E-state index contributed by atoms with van der Waals surface area (Å²) < 4.78 is 1.51. The third-order valence-corrected chi connectivity index (χ3v) is 5.64. The molecule has 0 saturated heterocycles. The molecule has 11 nitrogen and oxygen atoms in total. The number of nitro benzene ring substituents is 1. The lowest BCUT2D eigenvalue weighted by molar-refractivity contribution is -0.385. The molecule has 0 radical (unpaired) electrons. The number of hydrogen-bond donors (Lipinski definition) is 1. The van der Waals surface area contributed by atoms with Crippen LogP contribution in [0.1, 0.15) is 32.8 Å². The molecule has 3 heterocycles. The molecule has 11 heteroatoms. The molecule has 0 fully saturated rings. The molecule has 0 saturated carbocycles. The van der Waals surface area contributed by atoms with Crippen molar-refractivity contribution in [1.82, 2.24) is 19.7 Å². The Labute approximate surface area is 198 Å². The number of rotatable bonds is 6. The van der Waals surface area contributed by atoms with E-state index in [1.165, 1.54) is 22.9 Å². The number of aromatic nitrogens is 3. The molecule has 4 aromatic rings. The maximum absolute atomic E-state index is 12.7. The molecular weight excluding hydrogens is 452 g/mol. The Kier molecular flexibility index (Phi) is 5.28. The van der Waals surface area contributed by atoms with Gasteiger partial charge in [0.05, 0.1) is 21.7 Å². The van der Waals surface area contributed by atoms with E-state index in [0.29, 0.717) is 17.3 Å². The van der Waals surface area contributed by atoms with Crippen molar-refractivity contribution in [2.75, 3.05) is 11.9 Å². The number of aryl methyl sites for hydroxylation is 1. The lowest BCUT2D eigenvalue weighted by Crippen LogP contribution is -2.33. The second-order valence-corrected chi connectivity index (χ2v) is 7.96. The van der Waals surface area contributed by atoms with Crippen molar-refractivity contribution in [1.29, 1.82) is 0 Å². The molecule has 1 aliphatic rings. The molecule has 174 valence electrons. The summed E-state index contributed by atoms with van der Waals surface area (Å²) in [5, 5.41) is 19.4. The van der Waals surface area contributed by atoms with Gasteiger partial charge in [0.25, 0.3) is 17.5 Å². The fourth-order valence-electron chi connectivity index (χ4n) is 4.03. The van der Waals surface area contributed by atoms with Crippen LogP contribution in [0.3, 0.4) is 0 Å². The number of nitrogens with zero attached hydrogens (tertiary/aromatic N) is 5. The minimum Gasteiger partial charge on any atom is -0.310 e. The van der Waals surface area contributed by atoms with Crippen LogP contribution in [0.4, 0.5) is 11.5 Å². The summed E-state index contributed by atoms with van der Waals surface area (Å²) >= 11 is 0. The van der Waals surface area contributed by atoms with Gasteiger partial charge in [-0.3, -0.25) is 29.4 Å². The van der Waals surface area contributed by atoms with E-state index in [1.807, 2.05) is 30.3 Å². The van der Waals surface area contributed by atoms with Gasteiger partial charge in [-0.15, -0.1) is 0 Å². The van der Waals surface area contributed by atoms with Crippen LogP contribution in [0, 0.1) is 17.0 Å². The first kappa shape index (κ1) is 21.9. The van der Waals surface area contributed by atoms with Crippen LogP contribution in [0.5, 0.6) is 0 Å². The van der Waals surface area contributed by atoms with Gasteiger partial charge in [0.1, 0.15) is 11.4 Å². The van der Waals surface area contributed by atoms with Gasteiger partial charge < -0.3 is 5.32 Å². The summed E-state index contributed by atoms with van der Waals surface area (Å²) in [5.41, 5.74) is 0.702. The number of pyridine rings is 1. The lowest BCUT2D eigenvalue weighted by Gasteiger charge is -2.14. The highest BCUT2D eigenvalue weighted by Gasteiger charge is 2.40. The van der Waals surface area contributed by atoms with Crippen LogP contribution in [-0.2, 0) is 4.79 Å². The average Bonchev–Trinajstić information content (AvgIpc) is 3.33. The Hall–Kier alpha value is -4.93. The molecule has 3 amide bonds. The smallest absolute Gasteiger partial charge is 0.282 e. The number of anilines is 1. The van der Waals surface area contributed by atoms with Crippen molar-refractivity contribution < 1.29 is 19.3 Å². The van der Waals surface area contributed by atoms with Gasteiger partial charge in [0, 0.05) is 30.5 Å². The molecule has 2 aromatic heterocycles. The molecule has 1 N–H and O–H groups in total. The van der Waals surface area contributed by atoms with Crippen molar-refractivity contribution in [3.05, 3.63) is 87.6 Å². The van der Waals surface area contributed by atoms with Crippen molar-refractivity contribution in [2.45, 2.75) is 13.3 Å². The normalized spacial score (nSPS) is 12.8. The molecule has 1 aliphatic heterocycles.